The van der Waals surface area contributed by atoms with Crippen LogP contribution in [0.2, 0.25) is 0 Å². The summed E-state index contributed by atoms with van der Waals surface area (Å²) >= 11 is 0. The molecule has 9 heteroatoms. The minimum absolute atomic E-state index is 0.0163. The molecule has 2 N–H and O–H groups in total. The molecule has 0 radical (unpaired) electrons. The van der Waals surface area contributed by atoms with Gasteiger partial charge in [0, 0.05) is 5.56 Å². The van der Waals surface area contributed by atoms with Crippen LogP contribution in [0, 0.1) is 23.4 Å². The zero-order chi connectivity index (χ0) is 38.3. The summed E-state index contributed by atoms with van der Waals surface area (Å²) in [4.78, 5) is 23.8. The van der Waals surface area contributed by atoms with Crippen LogP contribution in [0.15, 0.2) is 66.7 Å². The number of carbonyl (C=O) groups excluding carboxylic acids is 2. The number of rotatable bonds is 20. The van der Waals surface area contributed by atoms with E-state index < -0.39 is 42.0 Å². The van der Waals surface area contributed by atoms with Crippen molar-refractivity contribution in [3.8, 4) is 11.1 Å². The fourth-order valence-electron chi connectivity index (χ4n) is 7.26. The summed E-state index contributed by atoms with van der Waals surface area (Å²) in [5.41, 5.74) is 4.24. The molecule has 1 saturated carbocycles. The molecule has 53 heavy (non-hydrogen) atoms. The molecule has 0 aliphatic heterocycles. The summed E-state index contributed by atoms with van der Waals surface area (Å²) in [7, 11) is 0. The van der Waals surface area contributed by atoms with E-state index in [9.17, 15) is 14.7 Å². The van der Waals surface area contributed by atoms with Crippen LogP contribution in [-0.4, -0.2) is 48.6 Å². The molecule has 1 fully saturated rings. The highest BCUT2D eigenvalue weighted by Crippen LogP contribution is 2.43. The van der Waals surface area contributed by atoms with E-state index in [0.29, 0.717) is 62.5 Å². The molecule has 0 aromatic heterocycles. The van der Waals surface area contributed by atoms with E-state index in [4.69, 9.17) is 14.6 Å². The van der Waals surface area contributed by atoms with Crippen LogP contribution in [0.25, 0.3) is 11.1 Å². The maximum Gasteiger partial charge on any atom is 0.335 e. The third kappa shape index (κ3) is 12.0. The third-order valence-electron chi connectivity index (χ3n) is 10.5. The van der Waals surface area contributed by atoms with Gasteiger partial charge in [0.15, 0.2) is 0 Å². The van der Waals surface area contributed by atoms with E-state index in [2.05, 4.69) is 37.8 Å². The molecule has 2 unspecified atom stereocenters. The largest absolute Gasteiger partial charge is 0.465 e. The Balaban J connectivity index is 1.39. The second kappa shape index (κ2) is 21.1. The zero-order valence-corrected chi connectivity index (χ0v) is 31.2. The van der Waals surface area contributed by atoms with E-state index >= 15 is 13.2 Å². The molecule has 288 valence electrons. The lowest BCUT2D eigenvalue weighted by molar-refractivity contribution is -0.149. The Labute approximate surface area is 312 Å². The molecule has 3 aromatic rings. The summed E-state index contributed by atoms with van der Waals surface area (Å²) in [5, 5.41) is 18.3. The van der Waals surface area contributed by atoms with Crippen LogP contribution in [0.1, 0.15) is 124 Å². The Morgan fingerprint density at radius 3 is 1.98 bits per heavy atom. The fraction of sp³-hybridized carbons (Fsp3) is 0.500. The topological polar surface area (TPSA) is 93.1 Å². The number of esters is 2. The first-order valence-corrected chi connectivity index (χ1v) is 19.2. The van der Waals surface area contributed by atoms with E-state index in [-0.39, 0.29) is 48.6 Å². The number of aliphatic hydroxyl groups excluding tert-OH is 2. The van der Waals surface area contributed by atoms with Crippen molar-refractivity contribution in [3.05, 3.63) is 106 Å². The molecule has 0 bridgehead atoms. The Kier molecular flexibility index (Phi) is 16.6. The maximum atomic E-state index is 15.8. The number of benzene rings is 3. The number of ether oxygens (including phenoxy) is 2. The SMILES string of the molecule is C=C(CO)C(=O)OCCCC(CCCOC(=O)C(C)CO)c1c(F)cc(C2CCC(c3ccc(-c4ccc(CCCCC)cc4)cc3F)CC2)cc1F. The summed E-state index contributed by atoms with van der Waals surface area (Å²) in [6.45, 7) is 6.32. The Hall–Kier alpha value is -3.95. The number of halogens is 3. The van der Waals surface area contributed by atoms with Gasteiger partial charge in [-0.3, -0.25) is 4.79 Å². The molecule has 0 spiro atoms. The molecule has 1 aliphatic carbocycles. The average Bonchev–Trinajstić information content (AvgIpc) is 3.17. The van der Waals surface area contributed by atoms with Gasteiger partial charge >= 0.3 is 11.9 Å². The highest BCUT2D eigenvalue weighted by atomic mass is 19.1. The number of aryl methyl sites for hydroxylation is 1. The van der Waals surface area contributed by atoms with Crippen LogP contribution < -0.4 is 0 Å². The molecule has 2 atom stereocenters. The predicted molar refractivity (Wildman–Crippen MR) is 201 cm³/mol. The second-order valence-electron chi connectivity index (χ2n) is 14.5. The Bertz CT molecular complexity index is 1620. The van der Waals surface area contributed by atoms with Crippen molar-refractivity contribution < 1.29 is 42.4 Å². The average molecular weight is 737 g/mol. The first-order valence-electron chi connectivity index (χ1n) is 19.2. The van der Waals surface area contributed by atoms with Crippen LogP contribution in [0.4, 0.5) is 13.2 Å². The number of hydrogen-bond acceptors (Lipinski definition) is 6. The number of carbonyl (C=O) groups is 2. The van der Waals surface area contributed by atoms with Crippen molar-refractivity contribution >= 4 is 11.9 Å². The summed E-state index contributed by atoms with van der Waals surface area (Å²) in [6.07, 6.45) is 8.62. The molecule has 3 aromatic carbocycles. The summed E-state index contributed by atoms with van der Waals surface area (Å²) in [5.74, 6) is -4.10. The van der Waals surface area contributed by atoms with E-state index in [1.54, 1.807) is 13.0 Å². The standard InChI is InChI=1S/C44H55F3O6/c1-4-5-6-9-31-12-14-32(15-13-31)36-20-21-38(39(45)24-36)34-18-16-33(17-19-34)37-25-40(46)42(41(47)26-37)35(10-7-22-52-43(50)29(2)27-48)11-8-23-53-44(51)30(3)28-49/h12-15,20-21,24-26,30,33-35,48-49H,2,4-11,16-19,22-23,27-28H2,1,3H3. The number of aliphatic hydroxyl groups is 2. The fourth-order valence-corrected chi connectivity index (χ4v) is 7.26. The van der Waals surface area contributed by atoms with Gasteiger partial charge in [0.2, 0.25) is 0 Å². The molecule has 0 heterocycles. The van der Waals surface area contributed by atoms with Crippen molar-refractivity contribution in [1.29, 1.82) is 0 Å². The first kappa shape index (κ1) is 41.8. The lowest BCUT2D eigenvalue weighted by atomic mass is 9.75. The predicted octanol–water partition coefficient (Wildman–Crippen LogP) is 9.85. The van der Waals surface area contributed by atoms with Crippen LogP contribution in [-0.2, 0) is 25.5 Å². The monoisotopic (exact) mass is 736 g/mol. The van der Waals surface area contributed by atoms with Crippen molar-refractivity contribution in [2.45, 2.75) is 109 Å². The van der Waals surface area contributed by atoms with Crippen molar-refractivity contribution in [3.63, 3.8) is 0 Å². The maximum absolute atomic E-state index is 15.8. The number of hydrogen-bond donors (Lipinski definition) is 2. The minimum atomic E-state index is -0.733. The summed E-state index contributed by atoms with van der Waals surface area (Å²) < 4.78 is 57.5. The van der Waals surface area contributed by atoms with Crippen molar-refractivity contribution in [1.82, 2.24) is 0 Å². The Morgan fingerprint density at radius 2 is 1.40 bits per heavy atom. The van der Waals surface area contributed by atoms with Gasteiger partial charge in [0.05, 0.1) is 37.9 Å². The van der Waals surface area contributed by atoms with Gasteiger partial charge in [-0.25, -0.2) is 18.0 Å². The first-order chi connectivity index (χ1) is 25.6. The van der Waals surface area contributed by atoms with Gasteiger partial charge in [-0.15, -0.1) is 0 Å². The quantitative estimate of drug-likeness (QED) is 0.0682. The van der Waals surface area contributed by atoms with Crippen LogP contribution in [0.3, 0.4) is 0 Å². The van der Waals surface area contributed by atoms with Gasteiger partial charge in [-0.1, -0.05) is 62.7 Å². The number of unbranched alkanes of at least 4 members (excludes halogenated alkanes) is 2. The smallest absolute Gasteiger partial charge is 0.335 e. The van der Waals surface area contributed by atoms with Crippen molar-refractivity contribution in [2.75, 3.05) is 26.4 Å². The van der Waals surface area contributed by atoms with Gasteiger partial charge in [0.25, 0.3) is 0 Å². The molecule has 4 rings (SSSR count). The highest BCUT2D eigenvalue weighted by molar-refractivity contribution is 5.87. The lowest BCUT2D eigenvalue weighted by Crippen LogP contribution is -2.19. The lowest BCUT2D eigenvalue weighted by Gasteiger charge is -2.30. The molecular weight excluding hydrogens is 681 g/mol. The normalized spacial score (nSPS) is 16.9. The van der Waals surface area contributed by atoms with E-state index in [0.717, 1.165) is 24.0 Å². The van der Waals surface area contributed by atoms with Gasteiger partial charge in [-0.2, -0.15) is 0 Å². The second-order valence-corrected chi connectivity index (χ2v) is 14.5. The molecule has 0 saturated heterocycles. The van der Waals surface area contributed by atoms with E-state index in [1.165, 1.54) is 30.5 Å². The van der Waals surface area contributed by atoms with Crippen LogP contribution in [0.5, 0.6) is 0 Å². The van der Waals surface area contributed by atoms with Crippen LogP contribution >= 0.6 is 0 Å². The molecule has 6 nitrogen and oxygen atoms in total. The zero-order valence-electron chi connectivity index (χ0n) is 31.2. The Morgan fingerprint density at radius 1 is 0.792 bits per heavy atom. The van der Waals surface area contributed by atoms with Crippen molar-refractivity contribution in [2.24, 2.45) is 5.92 Å². The molecular formula is C44H55F3O6. The molecule has 1 aliphatic rings. The highest BCUT2D eigenvalue weighted by Gasteiger charge is 2.28. The van der Waals surface area contributed by atoms with Gasteiger partial charge < -0.3 is 19.7 Å². The van der Waals surface area contributed by atoms with Gasteiger partial charge in [0.1, 0.15) is 17.5 Å². The third-order valence-corrected chi connectivity index (χ3v) is 10.5. The minimum Gasteiger partial charge on any atom is -0.465 e. The van der Waals surface area contributed by atoms with E-state index in [1.807, 2.05) is 12.1 Å². The van der Waals surface area contributed by atoms with Gasteiger partial charge in [-0.05, 0) is 135 Å². The molecule has 0 amide bonds. The summed E-state index contributed by atoms with van der Waals surface area (Å²) in [6, 6.07) is 16.7.